The number of benzene rings is 2. The van der Waals surface area contributed by atoms with Crippen molar-refractivity contribution in [3.05, 3.63) is 83.3 Å². The summed E-state index contributed by atoms with van der Waals surface area (Å²) >= 11 is 1.79. The van der Waals surface area contributed by atoms with Crippen molar-refractivity contribution < 1.29 is 0 Å². The minimum Gasteiger partial charge on any atom is -0.357 e. The molecule has 0 amide bonds. The van der Waals surface area contributed by atoms with Gasteiger partial charge >= 0.3 is 0 Å². The monoisotopic (exact) mass is 388 g/mol. The van der Waals surface area contributed by atoms with E-state index < -0.39 is 0 Å². The lowest BCUT2D eigenvalue weighted by atomic mass is 9.92. The van der Waals surface area contributed by atoms with Crippen LogP contribution in [0.2, 0.25) is 0 Å². The van der Waals surface area contributed by atoms with Crippen LogP contribution in [0.1, 0.15) is 28.4 Å². The van der Waals surface area contributed by atoms with Crippen LogP contribution in [-0.2, 0) is 20.0 Å². The fourth-order valence-electron chi connectivity index (χ4n) is 4.41. The molecule has 3 heterocycles. The zero-order valence-corrected chi connectivity index (χ0v) is 17.0. The van der Waals surface area contributed by atoms with Gasteiger partial charge in [0.2, 0.25) is 0 Å². The average molecular weight is 389 g/mol. The Balaban J connectivity index is 1.60. The molecule has 5 heteroatoms. The van der Waals surface area contributed by atoms with Crippen LogP contribution in [0, 0.1) is 0 Å². The van der Waals surface area contributed by atoms with Crippen molar-refractivity contribution in [1.82, 2.24) is 19.7 Å². The lowest BCUT2D eigenvalue weighted by Crippen LogP contribution is -2.35. The summed E-state index contributed by atoms with van der Waals surface area (Å²) in [5.74, 6) is 0. The molecule has 5 rings (SSSR count). The molecule has 0 fully saturated rings. The van der Waals surface area contributed by atoms with E-state index in [4.69, 9.17) is 0 Å². The topological polar surface area (TPSA) is 36.9 Å². The maximum Gasteiger partial charge on any atom is 0.0760 e. The molecule has 0 spiro atoms. The molecule has 1 aliphatic heterocycles. The van der Waals surface area contributed by atoms with Crippen LogP contribution in [0.25, 0.3) is 10.9 Å². The zero-order valence-electron chi connectivity index (χ0n) is 16.2. The molecule has 0 radical (unpaired) electrons. The largest absolute Gasteiger partial charge is 0.357 e. The van der Waals surface area contributed by atoms with Crippen LogP contribution in [0.5, 0.6) is 0 Å². The van der Waals surface area contributed by atoms with Crippen molar-refractivity contribution in [2.45, 2.75) is 23.9 Å². The fourth-order valence-corrected chi connectivity index (χ4v) is 4.82. The number of aromatic nitrogens is 3. The highest BCUT2D eigenvalue weighted by atomic mass is 32.2. The first-order valence-corrected chi connectivity index (χ1v) is 10.9. The number of nitrogens with zero attached hydrogens (tertiary/aromatic N) is 3. The van der Waals surface area contributed by atoms with Gasteiger partial charge in [-0.05, 0) is 42.0 Å². The molecule has 0 aliphatic carbocycles. The molecule has 0 saturated carbocycles. The first-order chi connectivity index (χ1) is 13.7. The molecule has 28 heavy (non-hydrogen) atoms. The molecule has 142 valence electrons. The Morgan fingerprint density at radius 1 is 1.14 bits per heavy atom. The summed E-state index contributed by atoms with van der Waals surface area (Å²) in [5, 5.41) is 5.73. The predicted octanol–water partition coefficient (Wildman–Crippen LogP) is 4.77. The van der Waals surface area contributed by atoms with Gasteiger partial charge in [0.1, 0.15) is 0 Å². The van der Waals surface area contributed by atoms with Crippen LogP contribution < -0.4 is 0 Å². The van der Waals surface area contributed by atoms with E-state index in [-0.39, 0.29) is 6.04 Å². The van der Waals surface area contributed by atoms with Crippen molar-refractivity contribution in [2.75, 3.05) is 12.8 Å². The van der Waals surface area contributed by atoms with Gasteiger partial charge in [-0.1, -0.05) is 30.3 Å². The standard InChI is InChI=1S/C23H24N4S/c1-26-14-16(13-24-26)15-27-12-11-20-19-5-3-4-6-21(19)25-22(20)23(27)17-7-9-18(28-2)10-8-17/h3-10,13-14,23,25H,11-12,15H2,1-2H3/t23-/m0/s1. The first kappa shape index (κ1) is 17.6. The van der Waals surface area contributed by atoms with Crippen LogP contribution in [-0.4, -0.2) is 32.5 Å². The molecule has 1 aliphatic rings. The van der Waals surface area contributed by atoms with Gasteiger partial charge in [-0.15, -0.1) is 11.8 Å². The van der Waals surface area contributed by atoms with Gasteiger partial charge in [0.25, 0.3) is 0 Å². The Morgan fingerprint density at radius 2 is 1.96 bits per heavy atom. The summed E-state index contributed by atoms with van der Waals surface area (Å²) in [7, 11) is 1.98. The third-order valence-electron chi connectivity index (χ3n) is 5.71. The van der Waals surface area contributed by atoms with E-state index in [1.54, 1.807) is 11.8 Å². The summed E-state index contributed by atoms with van der Waals surface area (Å²) < 4.78 is 1.88. The van der Waals surface area contributed by atoms with E-state index in [0.717, 1.165) is 19.5 Å². The molecule has 4 aromatic rings. The first-order valence-electron chi connectivity index (χ1n) is 9.68. The second-order valence-electron chi connectivity index (χ2n) is 7.48. The Bertz CT molecular complexity index is 1110. The maximum absolute atomic E-state index is 4.36. The third kappa shape index (κ3) is 3.05. The molecule has 0 bridgehead atoms. The van der Waals surface area contributed by atoms with Gasteiger partial charge in [0, 0.05) is 53.4 Å². The van der Waals surface area contributed by atoms with E-state index in [0.29, 0.717) is 0 Å². The lowest BCUT2D eigenvalue weighted by molar-refractivity contribution is 0.202. The summed E-state index contributed by atoms with van der Waals surface area (Å²) in [6.45, 7) is 1.94. The Labute approximate surface area is 169 Å². The number of rotatable bonds is 4. The number of aromatic amines is 1. The molecule has 0 unspecified atom stereocenters. The van der Waals surface area contributed by atoms with E-state index in [1.807, 2.05) is 17.9 Å². The quantitative estimate of drug-likeness (QED) is 0.512. The van der Waals surface area contributed by atoms with Gasteiger partial charge < -0.3 is 4.98 Å². The molecule has 1 N–H and O–H groups in total. The Morgan fingerprint density at radius 3 is 2.71 bits per heavy atom. The summed E-state index contributed by atoms with van der Waals surface area (Å²) in [6, 6.07) is 18.0. The summed E-state index contributed by atoms with van der Waals surface area (Å²) in [4.78, 5) is 7.62. The predicted molar refractivity (Wildman–Crippen MR) is 116 cm³/mol. The van der Waals surface area contributed by atoms with Crippen LogP contribution in [0.15, 0.2) is 65.8 Å². The van der Waals surface area contributed by atoms with Gasteiger partial charge in [0.15, 0.2) is 0 Å². The Kier molecular flexibility index (Phi) is 4.49. The number of H-pyrrole nitrogens is 1. The normalized spacial score (nSPS) is 17.1. The second-order valence-corrected chi connectivity index (χ2v) is 8.36. The van der Waals surface area contributed by atoms with E-state index >= 15 is 0 Å². The van der Waals surface area contributed by atoms with E-state index in [1.165, 1.54) is 38.2 Å². The minimum absolute atomic E-state index is 0.229. The smallest absolute Gasteiger partial charge is 0.0760 e. The minimum atomic E-state index is 0.229. The second kappa shape index (κ2) is 7.15. The molecule has 2 aromatic heterocycles. The van der Waals surface area contributed by atoms with Gasteiger partial charge in [-0.3, -0.25) is 9.58 Å². The van der Waals surface area contributed by atoms with Crippen molar-refractivity contribution in [1.29, 1.82) is 0 Å². The van der Waals surface area contributed by atoms with Crippen molar-refractivity contribution in [3.8, 4) is 0 Å². The third-order valence-corrected chi connectivity index (χ3v) is 6.45. The zero-order chi connectivity index (χ0) is 19.1. The number of nitrogens with one attached hydrogen (secondary N) is 1. The van der Waals surface area contributed by atoms with Crippen molar-refractivity contribution in [2.24, 2.45) is 7.05 Å². The number of para-hydroxylation sites is 1. The number of aryl methyl sites for hydroxylation is 1. The van der Waals surface area contributed by atoms with E-state index in [2.05, 4.69) is 76.0 Å². The highest BCUT2D eigenvalue weighted by Gasteiger charge is 2.31. The fraction of sp³-hybridized carbons (Fsp3) is 0.261. The number of thioether (sulfide) groups is 1. The molecular formula is C23H24N4S. The number of fused-ring (bicyclic) bond motifs is 3. The molecule has 4 nitrogen and oxygen atoms in total. The van der Waals surface area contributed by atoms with Crippen molar-refractivity contribution >= 4 is 22.7 Å². The molecule has 0 saturated heterocycles. The lowest BCUT2D eigenvalue weighted by Gasteiger charge is -2.36. The van der Waals surface area contributed by atoms with Crippen molar-refractivity contribution in [3.63, 3.8) is 0 Å². The maximum atomic E-state index is 4.36. The molecule has 1 atom stereocenters. The summed E-state index contributed by atoms with van der Waals surface area (Å²) in [5.41, 5.74) is 6.65. The molecular weight excluding hydrogens is 364 g/mol. The van der Waals surface area contributed by atoms with Gasteiger partial charge in [-0.25, -0.2) is 0 Å². The number of hydrogen-bond acceptors (Lipinski definition) is 3. The van der Waals surface area contributed by atoms with Crippen LogP contribution >= 0.6 is 11.8 Å². The van der Waals surface area contributed by atoms with E-state index in [9.17, 15) is 0 Å². The van der Waals surface area contributed by atoms with Crippen LogP contribution in [0.3, 0.4) is 0 Å². The highest BCUT2D eigenvalue weighted by molar-refractivity contribution is 7.98. The van der Waals surface area contributed by atoms with Gasteiger partial charge in [0.05, 0.1) is 12.2 Å². The average Bonchev–Trinajstić information content (AvgIpc) is 3.31. The number of hydrogen-bond donors (Lipinski definition) is 1. The van der Waals surface area contributed by atoms with Crippen LogP contribution in [0.4, 0.5) is 0 Å². The highest BCUT2D eigenvalue weighted by Crippen LogP contribution is 2.39. The Hall–Kier alpha value is -2.50. The molecule has 2 aromatic carbocycles. The SMILES string of the molecule is CSc1ccc([C@H]2c3[nH]c4ccccc4c3CCN2Cc2cnn(C)c2)cc1. The van der Waals surface area contributed by atoms with Gasteiger partial charge in [-0.2, -0.15) is 5.10 Å². The summed E-state index contributed by atoms with van der Waals surface area (Å²) in [6.07, 6.45) is 7.29.